The molecule has 0 aromatic heterocycles. The Bertz CT molecular complexity index is 774. The molecule has 0 saturated heterocycles. The monoisotopic (exact) mass is 383 g/mol. The van der Waals surface area contributed by atoms with Gasteiger partial charge in [-0.2, -0.15) is 5.26 Å². The van der Waals surface area contributed by atoms with Crippen molar-refractivity contribution in [1.29, 1.82) is 5.26 Å². The van der Waals surface area contributed by atoms with Crippen LogP contribution in [0.15, 0.2) is 34.9 Å². The molecule has 0 spiro atoms. The molecule has 1 fully saturated rings. The van der Waals surface area contributed by atoms with Gasteiger partial charge in [-0.05, 0) is 25.3 Å². The van der Waals surface area contributed by atoms with Gasteiger partial charge >= 0.3 is 0 Å². The Hall–Kier alpha value is -2.26. The van der Waals surface area contributed by atoms with E-state index in [1.807, 2.05) is 31.2 Å². The average Bonchev–Trinajstić information content (AvgIpc) is 2.67. The van der Waals surface area contributed by atoms with Crippen LogP contribution in [0.4, 0.5) is 0 Å². The van der Waals surface area contributed by atoms with Crippen LogP contribution < -0.4 is 10.6 Å². The van der Waals surface area contributed by atoms with Gasteiger partial charge in [0.15, 0.2) is 0 Å². The van der Waals surface area contributed by atoms with Crippen molar-refractivity contribution in [3.05, 3.63) is 46.0 Å². The van der Waals surface area contributed by atoms with Crippen molar-refractivity contribution in [2.75, 3.05) is 5.75 Å². The highest BCUT2D eigenvalue weighted by Crippen LogP contribution is 2.35. The van der Waals surface area contributed by atoms with Gasteiger partial charge in [0.2, 0.25) is 11.8 Å². The van der Waals surface area contributed by atoms with Gasteiger partial charge in [-0.25, -0.2) is 0 Å². The largest absolute Gasteiger partial charge is 0.353 e. The van der Waals surface area contributed by atoms with Crippen LogP contribution in [0.5, 0.6) is 0 Å². The van der Waals surface area contributed by atoms with E-state index >= 15 is 0 Å². The number of thioether (sulfide) groups is 1. The molecule has 0 bridgehead atoms. The molecule has 6 heteroatoms. The van der Waals surface area contributed by atoms with Crippen LogP contribution in [0.3, 0.4) is 0 Å². The number of rotatable bonds is 5. The Kier molecular flexibility index (Phi) is 6.57. The smallest absolute Gasteiger partial charge is 0.230 e. The Morgan fingerprint density at radius 2 is 1.96 bits per heavy atom. The molecule has 1 unspecified atom stereocenters. The van der Waals surface area contributed by atoms with Crippen molar-refractivity contribution in [3.8, 4) is 6.07 Å². The molecule has 1 aromatic rings. The van der Waals surface area contributed by atoms with E-state index in [2.05, 4.69) is 16.7 Å². The number of amides is 2. The summed E-state index contributed by atoms with van der Waals surface area (Å²) in [6.45, 7) is 2.00. The standard InChI is InChI=1S/C21H25N3O2S/c1-14-7-9-15(10-8-14)17-11-19(25)24-21(18(17)12-22)27-13-20(26)23-16-5-3-2-4-6-16/h7-10,16-17H,2-6,11,13H2,1H3,(H,23,26)(H,24,25). The van der Waals surface area contributed by atoms with Crippen molar-refractivity contribution in [3.63, 3.8) is 0 Å². The molecule has 2 aliphatic rings. The second-order valence-corrected chi connectivity index (χ2v) is 8.25. The second-order valence-electron chi connectivity index (χ2n) is 7.26. The zero-order valence-corrected chi connectivity index (χ0v) is 16.4. The van der Waals surface area contributed by atoms with E-state index in [1.165, 1.54) is 18.2 Å². The van der Waals surface area contributed by atoms with E-state index in [4.69, 9.17) is 0 Å². The summed E-state index contributed by atoms with van der Waals surface area (Å²) in [5.74, 6) is -0.204. The highest BCUT2D eigenvalue weighted by molar-refractivity contribution is 8.03. The highest BCUT2D eigenvalue weighted by Gasteiger charge is 2.30. The first-order chi connectivity index (χ1) is 13.1. The summed E-state index contributed by atoms with van der Waals surface area (Å²) in [4.78, 5) is 24.4. The van der Waals surface area contributed by atoms with Crippen LogP contribution >= 0.6 is 11.8 Å². The van der Waals surface area contributed by atoms with Gasteiger partial charge in [-0.3, -0.25) is 9.59 Å². The minimum absolute atomic E-state index is 0.0385. The van der Waals surface area contributed by atoms with Crippen molar-refractivity contribution in [2.45, 2.75) is 57.4 Å². The van der Waals surface area contributed by atoms with Gasteiger partial charge in [-0.1, -0.05) is 60.9 Å². The van der Waals surface area contributed by atoms with Gasteiger partial charge in [-0.15, -0.1) is 0 Å². The summed E-state index contributed by atoms with van der Waals surface area (Å²) in [6, 6.07) is 10.4. The first-order valence-corrected chi connectivity index (χ1v) is 10.5. The normalized spacial score (nSPS) is 20.7. The van der Waals surface area contributed by atoms with Gasteiger partial charge in [0.05, 0.1) is 22.4 Å². The SMILES string of the molecule is Cc1ccc(C2CC(=O)NC(SCC(=O)NC3CCCCC3)=C2C#N)cc1. The molecule has 2 N–H and O–H groups in total. The maximum absolute atomic E-state index is 12.3. The number of nitrogens with zero attached hydrogens (tertiary/aromatic N) is 1. The molecule has 1 heterocycles. The molecular weight excluding hydrogens is 358 g/mol. The Labute approximate surface area is 164 Å². The summed E-state index contributed by atoms with van der Waals surface area (Å²) in [5, 5.41) is 16.1. The number of hydrogen-bond acceptors (Lipinski definition) is 4. The number of carbonyl (C=O) groups excluding carboxylic acids is 2. The predicted octanol–water partition coefficient (Wildman–Crippen LogP) is 3.52. The number of allylic oxidation sites excluding steroid dienone is 1. The summed E-state index contributed by atoms with van der Waals surface area (Å²) in [7, 11) is 0. The molecule has 27 heavy (non-hydrogen) atoms. The fraction of sp³-hybridized carbons (Fsp3) is 0.476. The van der Waals surface area contributed by atoms with Crippen molar-refractivity contribution >= 4 is 23.6 Å². The maximum atomic E-state index is 12.3. The molecule has 1 aromatic carbocycles. The summed E-state index contributed by atoms with van der Waals surface area (Å²) >= 11 is 1.25. The predicted molar refractivity (Wildman–Crippen MR) is 107 cm³/mol. The maximum Gasteiger partial charge on any atom is 0.230 e. The van der Waals surface area contributed by atoms with Gasteiger partial charge < -0.3 is 10.6 Å². The van der Waals surface area contributed by atoms with Crippen molar-refractivity contribution in [2.24, 2.45) is 0 Å². The minimum atomic E-state index is -0.256. The fourth-order valence-corrected chi connectivity index (χ4v) is 4.56. The van der Waals surface area contributed by atoms with E-state index in [-0.39, 0.29) is 35.9 Å². The molecule has 2 amide bonds. The lowest BCUT2D eigenvalue weighted by Gasteiger charge is -2.26. The van der Waals surface area contributed by atoms with E-state index in [9.17, 15) is 14.9 Å². The van der Waals surface area contributed by atoms with Crippen LogP contribution in [-0.2, 0) is 9.59 Å². The molecule has 1 atom stereocenters. The lowest BCUT2D eigenvalue weighted by atomic mass is 9.87. The summed E-state index contributed by atoms with van der Waals surface area (Å²) < 4.78 is 0. The Balaban J connectivity index is 1.69. The third-order valence-corrected chi connectivity index (χ3v) is 6.17. The molecular formula is C21H25N3O2S. The average molecular weight is 384 g/mol. The third kappa shape index (κ3) is 5.14. The number of carbonyl (C=O) groups is 2. The first kappa shape index (κ1) is 19.5. The lowest BCUT2D eigenvalue weighted by Crippen LogP contribution is -2.38. The molecule has 1 saturated carbocycles. The zero-order valence-electron chi connectivity index (χ0n) is 15.6. The topological polar surface area (TPSA) is 82.0 Å². The summed E-state index contributed by atoms with van der Waals surface area (Å²) in [5.41, 5.74) is 2.63. The Morgan fingerprint density at radius 1 is 1.26 bits per heavy atom. The first-order valence-electron chi connectivity index (χ1n) is 9.49. The van der Waals surface area contributed by atoms with Gasteiger partial charge in [0, 0.05) is 18.4 Å². The fourth-order valence-electron chi connectivity index (χ4n) is 3.67. The van der Waals surface area contributed by atoms with Crippen molar-refractivity contribution < 1.29 is 9.59 Å². The Morgan fingerprint density at radius 3 is 2.63 bits per heavy atom. The molecule has 3 rings (SSSR count). The van der Waals surface area contributed by atoms with Crippen LogP contribution in [0.25, 0.3) is 0 Å². The van der Waals surface area contributed by atoms with Crippen LogP contribution in [0, 0.1) is 18.3 Å². The van der Waals surface area contributed by atoms with Gasteiger partial charge in [0.1, 0.15) is 0 Å². The van der Waals surface area contributed by atoms with Crippen LogP contribution in [-0.4, -0.2) is 23.6 Å². The highest BCUT2D eigenvalue weighted by atomic mass is 32.2. The number of benzene rings is 1. The lowest BCUT2D eigenvalue weighted by molar-refractivity contribution is -0.121. The van der Waals surface area contributed by atoms with E-state index in [0.29, 0.717) is 10.6 Å². The number of nitriles is 1. The minimum Gasteiger partial charge on any atom is -0.353 e. The van der Waals surface area contributed by atoms with Crippen LogP contribution in [0.1, 0.15) is 55.6 Å². The molecule has 142 valence electrons. The number of nitrogens with one attached hydrogen (secondary N) is 2. The number of aryl methyl sites for hydroxylation is 1. The molecule has 0 radical (unpaired) electrons. The summed E-state index contributed by atoms with van der Waals surface area (Å²) in [6.07, 6.45) is 5.89. The number of hydrogen-bond donors (Lipinski definition) is 2. The quantitative estimate of drug-likeness (QED) is 0.815. The zero-order chi connectivity index (χ0) is 19.2. The molecule has 1 aliphatic heterocycles. The molecule has 5 nitrogen and oxygen atoms in total. The third-order valence-electron chi connectivity index (χ3n) is 5.15. The van der Waals surface area contributed by atoms with Gasteiger partial charge in [0.25, 0.3) is 0 Å². The van der Waals surface area contributed by atoms with Crippen molar-refractivity contribution in [1.82, 2.24) is 10.6 Å². The second kappa shape index (κ2) is 9.09. The van der Waals surface area contributed by atoms with E-state index in [0.717, 1.165) is 36.8 Å². The van der Waals surface area contributed by atoms with Crippen LogP contribution in [0.2, 0.25) is 0 Å². The van der Waals surface area contributed by atoms with E-state index < -0.39 is 0 Å². The van der Waals surface area contributed by atoms with E-state index in [1.54, 1.807) is 0 Å². The molecule has 1 aliphatic carbocycles.